The zero-order chi connectivity index (χ0) is 14.7. The van der Waals surface area contributed by atoms with Crippen LogP contribution in [0.3, 0.4) is 0 Å². The summed E-state index contributed by atoms with van der Waals surface area (Å²) < 4.78 is 26.2. The Morgan fingerprint density at radius 1 is 1.30 bits per heavy atom. The standard InChI is InChI=1S/C14H11ClF2N2O/c1-19(8-9-3-2-4-10(16)5-9)14(20)12-6-11(17)7-18-13(12)15/h2-7H,8H2,1H3. The predicted molar refractivity (Wildman–Crippen MR) is 71.4 cm³/mol. The number of nitrogens with zero attached hydrogens (tertiary/aromatic N) is 2. The summed E-state index contributed by atoms with van der Waals surface area (Å²) in [6, 6.07) is 6.92. The third-order valence-corrected chi connectivity index (χ3v) is 2.99. The van der Waals surface area contributed by atoms with Crippen LogP contribution in [-0.2, 0) is 6.54 Å². The molecule has 0 aliphatic heterocycles. The van der Waals surface area contributed by atoms with Gasteiger partial charge >= 0.3 is 0 Å². The van der Waals surface area contributed by atoms with Gasteiger partial charge in [0.05, 0.1) is 11.8 Å². The van der Waals surface area contributed by atoms with E-state index in [9.17, 15) is 13.6 Å². The van der Waals surface area contributed by atoms with Gasteiger partial charge in [-0.05, 0) is 23.8 Å². The van der Waals surface area contributed by atoms with Crippen LogP contribution in [0, 0.1) is 11.6 Å². The average molecular weight is 297 g/mol. The average Bonchev–Trinajstić information content (AvgIpc) is 2.40. The Kier molecular flexibility index (Phi) is 4.29. The zero-order valence-electron chi connectivity index (χ0n) is 10.6. The van der Waals surface area contributed by atoms with Crippen LogP contribution >= 0.6 is 11.6 Å². The van der Waals surface area contributed by atoms with E-state index in [1.807, 2.05) is 0 Å². The summed E-state index contributed by atoms with van der Waals surface area (Å²) >= 11 is 5.78. The lowest BCUT2D eigenvalue weighted by molar-refractivity contribution is 0.0784. The molecule has 2 aromatic rings. The first-order chi connectivity index (χ1) is 9.47. The molecule has 0 aliphatic carbocycles. The van der Waals surface area contributed by atoms with E-state index in [4.69, 9.17) is 11.6 Å². The van der Waals surface area contributed by atoms with E-state index in [1.165, 1.54) is 24.1 Å². The Morgan fingerprint density at radius 3 is 2.75 bits per heavy atom. The lowest BCUT2D eigenvalue weighted by Gasteiger charge is -2.17. The van der Waals surface area contributed by atoms with Crippen molar-refractivity contribution in [3.63, 3.8) is 0 Å². The zero-order valence-corrected chi connectivity index (χ0v) is 11.4. The maximum atomic E-state index is 13.1. The van der Waals surface area contributed by atoms with E-state index in [-0.39, 0.29) is 23.1 Å². The monoisotopic (exact) mass is 296 g/mol. The third-order valence-electron chi connectivity index (χ3n) is 2.69. The molecule has 0 radical (unpaired) electrons. The molecule has 0 spiro atoms. The van der Waals surface area contributed by atoms with Crippen LogP contribution in [0.15, 0.2) is 36.5 Å². The number of halogens is 3. The smallest absolute Gasteiger partial charge is 0.257 e. The van der Waals surface area contributed by atoms with Crippen LogP contribution < -0.4 is 0 Å². The molecule has 104 valence electrons. The van der Waals surface area contributed by atoms with Crippen molar-refractivity contribution < 1.29 is 13.6 Å². The minimum absolute atomic E-state index is 0.0226. The van der Waals surface area contributed by atoms with E-state index >= 15 is 0 Å². The van der Waals surface area contributed by atoms with Crippen LogP contribution in [0.4, 0.5) is 8.78 Å². The summed E-state index contributed by atoms with van der Waals surface area (Å²) in [6.45, 7) is 0.184. The third kappa shape index (κ3) is 3.30. The van der Waals surface area contributed by atoms with Gasteiger partial charge in [-0.2, -0.15) is 0 Å². The van der Waals surface area contributed by atoms with Crippen LogP contribution in [0.2, 0.25) is 5.15 Å². The van der Waals surface area contributed by atoms with E-state index < -0.39 is 11.7 Å². The van der Waals surface area contributed by atoms with Crippen molar-refractivity contribution in [3.05, 3.63) is 64.4 Å². The Hall–Kier alpha value is -2.01. The van der Waals surface area contributed by atoms with E-state index in [0.29, 0.717) is 5.56 Å². The van der Waals surface area contributed by atoms with Gasteiger partial charge in [-0.1, -0.05) is 23.7 Å². The predicted octanol–water partition coefficient (Wildman–Crippen LogP) is 3.29. The molecule has 3 nitrogen and oxygen atoms in total. The first kappa shape index (κ1) is 14.4. The van der Waals surface area contributed by atoms with E-state index in [1.54, 1.807) is 12.1 Å². The largest absolute Gasteiger partial charge is 0.337 e. The highest BCUT2D eigenvalue weighted by Crippen LogP contribution is 2.17. The maximum absolute atomic E-state index is 13.1. The number of carbonyl (C=O) groups is 1. The van der Waals surface area contributed by atoms with Crippen LogP contribution in [0.25, 0.3) is 0 Å². The molecule has 2 rings (SSSR count). The lowest BCUT2D eigenvalue weighted by Crippen LogP contribution is -2.26. The summed E-state index contributed by atoms with van der Waals surface area (Å²) in [6.07, 6.45) is 0.936. The minimum Gasteiger partial charge on any atom is -0.337 e. The van der Waals surface area contributed by atoms with Gasteiger partial charge in [-0.25, -0.2) is 13.8 Å². The SMILES string of the molecule is CN(Cc1cccc(F)c1)C(=O)c1cc(F)cnc1Cl. The van der Waals surface area contributed by atoms with Crippen molar-refractivity contribution in [1.82, 2.24) is 9.88 Å². The second kappa shape index (κ2) is 5.96. The molecule has 6 heteroatoms. The van der Waals surface area contributed by atoms with Crippen molar-refractivity contribution in [2.24, 2.45) is 0 Å². The molecule has 0 bridgehead atoms. The lowest BCUT2D eigenvalue weighted by atomic mass is 10.2. The van der Waals surface area contributed by atoms with Crippen LogP contribution in [0.5, 0.6) is 0 Å². The molecule has 0 saturated heterocycles. The molecule has 1 heterocycles. The molecule has 1 amide bonds. The van der Waals surface area contributed by atoms with E-state index in [2.05, 4.69) is 4.98 Å². The normalized spacial score (nSPS) is 10.4. The van der Waals surface area contributed by atoms with Gasteiger partial charge in [-0.15, -0.1) is 0 Å². The molecule has 20 heavy (non-hydrogen) atoms. The molecule has 1 aromatic carbocycles. The highest BCUT2D eigenvalue weighted by atomic mass is 35.5. The Balaban J connectivity index is 2.18. The summed E-state index contributed by atoms with van der Waals surface area (Å²) in [5.74, 6) is -1.50. The van der Waals surface area contributed by atoms with E-state index in [0.717, 1.165) is 12.3 Å². The minimum atomic E-state index is -0.642. The van der Waals surface area contributed by atoms with Gasteiger partial charge in [-0.3, -0.25) is 4.79 Å². The van der Waals surface area contributed by atoms with Crippen LogP contribution in [-0.4, -0.2) is 22.8 Å². The highest BCUT2D eigenvalue weighted by Gasteiger charge is 2.17. The van der Waals surface area contributed by atoms with Crippen molar-refractivity contribution in [2.45, 2.75) is 6.54 Å². The highest BCUT2D eigenvalue weighted by molar-refractivity contribution is 6.32. The van der Waals surface area contributed by atoms with Gasteiger partial charge in [0.1, 0.15) is 16.8 Å². The number of hydrogen-bond acceptors (Lipinski definition) is 2. The number of carbonyl (C=O) groups excluding carboxylic acids is 1. The summed E-state index contributed by atoms with van der Waals surface area (Å²) in [5, 5.41) is -0.0671. The van der Waals surface area contributed by atoms with Gasteiger partial charge in [0.25, 0.3) is 5.91 Å². The number of aromatic nitrogens is 1. The number of pyridine rings is 1. The summed E-state index contributed by atoms with van der Waals surface area (Å²) in [5.41, 5.74) is 0.604. The molecule has 0 atom stereocenters. The Bertz CT molecular complexity index is 649. The first-order valence-corrected chi connectivity index (χ1v) is 6.16. The van der Waals surface area contributed by atoms with Gasteiger partial charge < -0.3 is 4.90 Å². The molecular formula is C14H11ClF2N2O. The fourth-order valence-corrected chi connectivity index (χ4v) is 1.94. The summed E-state index contributed by atoms with van der Waals surface area (Å²) in [4.78, 5) is 17.1. The first-order valence-electron chi connectivity index (χ1n) is 5.78. The molecular weight excluding hydrogens is 286 g/mol. The van der Waals surface area contributed by atoms with Crippen molar-refractivity contribution in [1.29, 1.82) is 0 Å². The number of amides is 1. The molecule has 1 aromatic heterocycles. The van der Waals surface area contributed by atoms with Crippen molar-refractivity contribution >= 4 is 17.5 Å². The van der Waals surface area contributed by atoms with Crippen molar-refractivity contribution in [2.75, 3.05) is 7.05 Å². The van der Waals surface area contributed by atoms with Crippen molar-refractivity contribution in [3.8, 4) is 0 Å². The van der Waals surface area contributed by atoms with Gasteiger partial charge in [0.2, 0.25) is 0 Å². The number of rotatable bonds is 3. The van der Waals surface area contributed by atoms with Gasteiger partial charge in [0.15, 0.2) is 0 Å². The molecule has 0 aliphatic rings. The molecule has 0 unspecified atom stereocenters. The van der Waals surface area contributed by atoms with Crippen LogP contribution in [0.1, 0.15) is 15.9 Å². The Labute approximate surface area is 119 Å². The second-order valence-corrected chi connectivity index (χ2v) is 4.64. The van der Waals surface area contributed by atoms with Gasteiger partial charge in [0, 0.05) is 13.6 Å². The second-order valence-electron chi connectivity index (χ2n) is 4.28. The quantitative estimate of drug-likeness (QED) is 0.814. The Morgan fingerprint density at radius 2 is 2.05 bits per heavy atom. The topological polar surface area (TPSA) is 33.2 Å². The molecule has 0 saturated carbocycles. The summed E-state index contributed by atoms with van der Waals surface area (Å²) in [7, 11) is 1.52. The molecule has 0 fully saturated rings. The maximum Gasteiger partial charge on any atom is 0.257 e. The number of hydrogen-bond donors (Lipinski definition) is 0. The number of benzene rings is 1. The fraction of sp³-hybridized carbons (Fsp3) is 0.143. The fourth-order valence-electron chi connectivity index (χ4n) is 1.76. The molecule has 0 N–H and O–H groups in total.